The molecular formula is C13H12Br2N2O3S. The number of ether oxygens (including phenoxy) is 1. The topological polar surface area (TPSA) is 81.4 Å². The highest BCUT2D eigenvalue weighted by atomic mass is 79.9. The van der Waals surface area contributed by atoms with Crippen LogP contribution in [0.15, 0.2) is 50.2 Å². The van der Waals surface area contributed by atoms with E-state index in [1.165, 1.54) is 19.2 Å². The molecule has 2 aromatic rings. The molecule has 0 aliphatic carbocycles. The van der Waals surface area contributed by atoms with E-state index < -0.39 is 10.0 Å². The summed E-state index contributed by atoms with van der Waals surface area (Å²) in [6, 6.07) is 9.78. The number of benzene rings is 2. The van der Waals surface area contributed by atoms with E-state index in [0.29, 0.717) is 20.3 Å². The van der Waals surface area contributed by atoms with Crippen LogP contribution < -0.4 is 15.2 Å². The predicted octanol–water partition coefficient (Wildman–Crippen LogP) is 3.60. The lowest BCUT2D eigenvalue weighted by atomic mass is 10.3. The van der Waals surface area contributed by atoms with Gasteiger partial charge in [0.15, 0.2) is 0 Å². The van der Waals surface area contributed by atoms with Gasteiger partial charge in [-0.1, -0.05) is 12.1 Å². The zero-order valence-corrected chi connectivity index (χ0v) is 14.9. The van der Waals surface area contributed by atoms with Gasteiger partial charge in [-0.05, 0) is 56.1 Å². The Morgan fingerprint density at radius 3 is 2.43 bits per heavy atom. The highest BCUT2D eigenvalue weighted by Crippen LogP contribution is 2.34. The quantitative estimate of drug-likeness (QED) is 0.718. The standard InChI is InChI=1S/C13H12Br2N2O3S/c1-20-12-6-9(15)10(16)7-13(12)21(18,19)17-11-5-3-2-4-8(11)14/h2-7,17H,16H2,1H3. The molecule has 2 aromatic carbocycles. The third kappa shape index (κ3) is 3.50. The summed E-state index contributed by atoms with van der Waals surface area (Å²) in [5.41, 5.74) is 6.50. The lowest BCUT2D eigenvalue weighted by molar-refractivity contribution is 0.402. The first-order chi connectivity index (χ1) is 9.85. The van der Waals surface area contributed by atoms with Gasteiger partial charge < -0.3 is 10.5 Å². The zero-order chi connectivity index (χ0) is 15.6. The smallest absolute Gasteiger partial charge is 0.265 e. The van der Waals surface area contributed by atoms with Crippen molar-refractivity contribution in [2.24, 2.45) is 0 Å². The summed E-state index contributed by atoms with van der Waals surface area (Å²) in [6.07, 6.45) is 0. The summed E-state index contributed by atoms with van der Waals surface area (Å²) in [6.45, 7) is 0. The summed E-state index contributed by atoms with van der Waals surface area (Å²) in [5, 5.41) is 0. The van der Waals surface area contributed by atoms with Gasteiger partial charge >= 0.3 is 0 Å². The first-order valence-corrected chi connectivity index (χ1v) is 8.82. The van der Waals surface area contributed by atoms with Crippen molar-refractivity contribution in [3.05, 3.63) is 45.3 Å². The average Bonchev–Trinajstić information content (AvgIpc) is 2.43. The number of hydrogen-bond donors (Lipinski definition) is 2. The van der Waals surface area contributed by atoms with Crippen molar-refractivity contribution in [3.8, 4) is 5.75 Å². The van der Waals surface area contributed by atoms with E-state index in [-0.39, 0.29) is 10.6 Å². The molecule has 8 heteroatoms. The number of nitrogen functional groups attached to an aromatic ring is 1. The third-order valence-corrected chi connectivity index (χ3v) is 5.46. The van der Waals surface area contributed by atoms with Crippen LogP contribution in [0.4, 0.5) is 11.4 Å². The van der Waals surface area contributed by atoms with Crippen molar-refractivity contribution in [2.75, 3.05) is 17.6 Å². The number of anilines is 2. The maximum atomic E-state index is 12.5. The number of rotatable bonds is 4. The summed E-state index contributed by atoms with van der Waals surface area (Å²) in [7, 11) is -2.43. The van der Waals surface area contributed by atoms with Gasteiger partial charge in [-0.25, -0.2) is 8.42 Å². The molecule has 0 bridgehead atoms. The number of nitrogens with one attached hydrogen (secondary N) is 1. The minimum Gasteiger partial charge on any atom is -0.495 e. The Bertz CT molecular complexity index is 779. The van der Waals surface area contributed by atoms with E-state index in [1.54, 1.807) is 24.3 Å². The second-order valence-electron chi connectivity index (χ2n) is 4.11. The van der Waals surface area contributed by atoms with Gasteiger partial charge in [0.05, 0.1) is 12.8 Å². The molecule has 0 aliphatic rings. The minimum absolute atomic E-state index is 0.0264. The summed E-state index contributed by atoms with van der Waals surface area (Å²) >= 11 is 6.53. The Kier molecular flexibility index (Phi) is 4.80. The molecule has 0 spiro atoms. The van der Waals surface area contributed by atoms with Crippen LogP contribution in [0.2, 0.25) is 0 Å². The molecule has 0 fully saturated rings. The van der Waals surface area contributed by atoms with E-state index in [2.05, 4.69) is 36.6 Å². The van der Waals surface area contributed by atoms with E-state index >= 15 is 0 Å². The SMILES string of the molecule is COc1cc(Br)c(N)cc1S(=O)(=O)Nc1ccccc1Br. The summed E-state index contributed by atoms with van der Waals surface area (Å²) in [5.74, 6) is 0.204. The molecule has 5 nitrogen and oxygen atoms in total. The zero-order valence-electron chi connectivity index (χ0n) is 10.9. The molecule has 2 rings (SSSR count). The molecule has 0 aliphatic heterocycles. The Hall–Kier alpha value is -1.25. The van der Waals surface area contributed by atoms with E-state index in [4.69, 9.17) is 10.5 Å². The van der Waals surface area contributed by atoms with Gasteiger partial charge in [-0.3, -0.25) is 4.72 Å². The Morgan fingerprint density at radius 1 is 1.14 bits per heavy atom. The van der Waals surface area contributed by atoms with Crippen LogP contribution in [0.25, 0.3) is 0 Å². The molecule has 0 amide bonds. The maximum Gasteiger partial charge on any atom is 0.265 e. The van der Waals surface area contributed by atoms with Gasteiger partial charge in [-0.2, -0.15) is 0 Å². The first-order valence-electron chi connectivity index (χ1n) is 5.75. The number of methoxy groups -OCH3 is 1. The summed E-state index contributed by atoms with van der Waals surface area (Å²) < 4.78 is 33.9. The van der Waals surface area contributed by atoms with E-state index in [0.717, 1.165) is 0 Å². The van der Waals surface area contributed by atoms with Crippen molar-refractivity contribution in [1.82, 2.24) is 0 Å². The Labute approximate surface area is 139 Å². The van der Waals surface area contributed by atoms with Crippen molar-refractivity contribution in [2.45, 2.75) is 4.90 Å². The number of nitrogens with two attached hydrogens (primary N) is 1. The fraction of sp³-hybridized carbons (Fsp3) is 0.0769. The predicted molar refractivity (Wildman–Crippen MR) is 90.1 cm³/mol. The molecule has 0 heterocycles. The molecule has 0 atom stereocenters. The first kappa shape index (κ1) is 16.1. The number of hydrogen-bond acceptors (Lipinski definition) is 4. The maximum absolute atomic E-state index is 12.5. The van der Waals surface area contributed by atoms with Gasteiger partial charge in [-0.15, -0.1) is 0 Å². The molecule has 112 valence electrons. The van der Waals surface area contributed by atoms with Gasteiger partial charge in [0.2, 0.25) is 0 Å². The fourth-order valence-corrected chi connectivity index (χ4v) is 3.77. The highest BCUT2D eigenvalue weighted by Gasteiger charge is 2.22. The lowest BCUT2D eigenvalue weighted by Gasteiger charge is -2.14. The van der Waals surface area contributed by atoms with Crippen LogP contribution >= 0.6 is 31.9 Å². The Morgan fingerprint density at radius 2 is 1.81 bits per heavy atom. The minimum atomic E-state index is -3.82. The van der Waals surface area contributed by atoms with Crippen molar-refractivity contribution >= 4 is 53.3 Å². The van der Waals surface area contributed by atoms with Crippen LogP contribution in [0.1, 0.15) is 0 Å². The summed E-state index contributed by atoms with van der Waals surface area (Å²) in [4.78, 5) is -0.0264. The van der Waals surface area contributed by atoms with Gasteiger partial charge in [0, 0.05) is 14.6 Å². The van der Waals surface area contributed by atoms with Crippen LogP contribution in [-0.2, 0) is 10.0 Å². The van der Waals surface area contributed by atoms with Crippen LogP contribution in [0.3, 0.4) is 0 Å². The molecular weight excluding hydrogens is 424 g/mol. The van der Waals surface area contributed by atoms with Crippen LogP contribution in [0.5, 0.6) is 5.75 Å². The van der Waals surface area contributed by atoms with Crippen LogP contribution in [0, 0.1) is 0 Å². The molecule has 0 saturated carbocycles. The molecule has 0 saturated heterocycles. The second-order valence-corrected chi connectivity index (χ2v) is 7.47. The fourth-order valence-electron chi connectivity index (χ4n) is 1.66. The Balaban J connectivity index is 2.50. The normalized spacial score (nSPS) is 11.2. The highest BCUT2D eigenvalue weighted by molar-refractivity contribution is 9.11. The molecule has 0 radical (unpaired) electrons. The monoisotopic (exact) mass is 434 g/mol. The molecule has 3 N–H and O–H groups in total. The number of halogens is 2. The largest absolute Gasteiger partial charge is 0.495 e. The van der Waals surface area contributed by atoms with Crippen molar-refractivity contribution < 1.29 is 13.2 Å². The molecule has 0 unspecified atom stereocenters. The molecule has 21 heavy (non-hydrogen) atoms. The number of para-hydroxylation sites is 1. The number of sulfonamides is 1. The van der Waals surface area contributed by atoms with Gasteiger partial charge in [0.25, 0.3) is 10.0 Å². The van der Waals surface area contributed by atoms with Crippen molar-refractivity contribution in [1.29, 1.82) is 0 Å². The average molecular weight is 436 g/mol. The molecule has 0 aromatic heterocycles. The lowest BCUT2D eigenvalue weighted by Crippen LogP contribution is -2.15. The second kappa shape index (κ2) is 6.25. The van der Waals surface area contributed by atoms with E-state index in [1.807, 2.05) is 0 Å². The van der Waals surface area contributed by atoms with Gasteiger partial charge in [0.1, 0.15) is 10.6 Å². The third-order valence-electron chi connectivity index (χ3n) is 2.69. The van der Waals surface area contributed by atoms with E-state index in [9.17, 15) is 8.42 Å². The van der Waals surface area contributed by atoms with Crippen LogP contribution in [-0.4, -0.2) is 15.5 Å². The van der Waals surface area contributed by atoms with Crippen molar-refractivity contribution in [3.63, 3.8) is 0 Å².